The zero-order valence-corrected chi connectivity index (χ0v) is 31.5. The van der Waals surface area contributed by atoms with Crippen molar-refractivity contribution < 1.29 is 0 Å². The van der Waals surface area contributed by atoms with Gasteiger partial charge in [-0.15, -0.1) is 34.0 Å². The Labute approximate surface area is 324 Å². The Kier molecular flexibility index (Phi) is 7.47. The van der Waals surface area contributed by atoms with Crippen LogP contribution in [0.1, 0.15) is 16.7 Å². The molecule has 0 spiro atoms. The molecule has 0 fully saturated rings. The van der Waals surface area contributed by atoms with Crippen LogP contribution in [0.4, 0.5) is 17.1 Å². The van der Waals surface area contributed by atoms with Gasteiger partial charge in [0.2, 0.25) is 0 Å². The number of anilines is 3. The topological polar surface area (TPSA) is 3.24 Å². The Hall–Kier alpha value is -6.04. The highest BCUT2D eigenvalue weighted by molar-refractivity contribution is 7.26. The molecule has 0 aliphatic rings. The quantitative estimate of drug-likeness (QED) is 0.153. The molecule has 4 heteroatoms. The fraction of sp³-hybridized carbons (Fsp3) is 0. The van der Waals surface area contributed by atoms with Crippen LogP contribution in [-0.4, -0.2) is 0 Å². The third-order valence-corrected chi connectivity index (χ3v) is 14.0. The lowest BCUT2D eigenvalue weighted by atomic mass is 9.94. The summed E-state index contributed by atoms with van der Waals surface area (Å²) in [6.45, 7) is 0. The first kappa shape index (κ1) is 31.5. The SMILES string of the molecule is C(=C(\c1ccccc1)c1cccc2c1sc1cc(N(c3ccc4c(c3)sc3ccccc34)c3ccc4sc5ccccc5c4c3)ccc12)/c1ccccc1. The molecular formula is C50H31NS3. The van der Waals surface area contributed by atoms with Crippen molar-refractivity contribution in [1.29, 1.82) is 0 Å². The van der Waals surface area contributed by atoms with Crippen LogP contribution in [0.5, 0.6) is 0 Å². The van der Waals surface area contributed by atoms with E-state index in [1.54, 1.807) is 0 Å². The van der Waals surface area contributed by atoms with Gasteiger partial charge in [-0.2, -0.15) is 0 Å². The second-order valence-electron chi connectivity index (χ2n) is 13.7. The lowest BCUT2D eigenvalue weighted by Gasteiger charge is -2.26. The zero-order valence-electron chi connectivity index (χ0n) is 29.1. The van der Waals surface area contributed by atoms with Gasteiger partial charge in [-0.25, -0.2) is 0 Å². The molecule has 3 heterocycles. The molecule has 54 heavy (non-hydrogen) atoms. The minimum absolute atomic E-state index is 1.15. The molecule has 11 rings (SSSR count). The number of hydrogen-bond acceptors (Lipinski definition) is 4. The van der Waals surface area contributed by atoms with Crippen molar-refractivity contribution in [2.75, 3.05) is 4.90 Å². The Morgan fingerprint density at radius 3 is 1.63 bits per heavy atom. The Morgan fingerprint density at radius 1 is 0.370 bits per heavy atom. The van der Waals surface area contributed by atoms with Crippen LogP contribution in [0.3, 0.4) is 0 Å². The molecule has 11 aromatic rings. The number of rotatable bonds is 6. The number of nitrogens with zero attached hydrogens (tertiary/aromatic N) is 1. The van der Waals surface area contributed by atoms with Crippen LogP contribution in [0.15, 0.2) is 182 Å². The first-order valence-corrected chi connectivity index (χ1v) is 20.6. The maximum atomic E-state index is 2.45. The van der Waals surface area contributed by atoms with Crippen molar-refractivity contribution in [3.63, 3.8) is 0 Å². The second kappa shape index (κ2) is 12.8. The average Bonchev–Trinajstić information content (AvgIpc) is 3.91. The van der Waals surface area contributed by atoms with E-state index < -0.39 is 0 Å². The molecule has 8 aromatic carbocycles. The van der Waals surface area contributed by atoms with Crippen LogP contribution >= 0.6 is 34.0 Å². The molecule has 0 N–H and O–H groups in total. The number of thiophene rings is 3. The second-order valence-corrected chi connectivity index (χ2v) is 16.9. The Morgan fingerprint density at radius 2 is 0.889 bits per heavy atom. The van der Waals surface area contributed by atoms with Gasteiger partial charge in [0.25, 0.3) is 0 Å². The van der Waals surface area contributed by atoms with E-state index in [2.05, 4.69) is 193 Å². The van der Waals surface area contributed by atoms with Crippen molar-refractivity contribution in [3.8, 4) is 0 Å². The summed E-state index contributed by atoms with van der Waals surface area (Å²) in [5.74, 6) is 0. The van der Waals surface area contributed by atoms with Gasteiger partial charge in [0, 0.05) is 83.1 Å². The molecule has 254 valence electrons. The minimum Gasteiger partial charge on any atom is -0.310 e. The third kappa shape index (κ3) is 5.26. The number of benzene rings is 8. The first-order chi connectivity index (χ1) is 26.7. The molecule has 0 aliphatic heterocycles. The fourth-order valence-electron chi connectivity index (χ4n) is 7.94. The van der Waals surface area contributed by atoms with E-state index >= 15 is 0 Å². The van der Waals surface area contributed by atoms with Crippen molar-refractivity contribution in [2.24, 2.45) is 0 Å². The lowest BCUT2D eigenvalue weighted by molar-refractivity contribution is 1.30. The standard InChI is InChI=1S/C50H31NS3/c1-3-12-32(13-4-1)28-43(33-14-5-2-6-15-33)42-19-11-18-41-40-26-23-36(31-49(40)54-50(41)42)51(34-24-27-47-44(29-34)38-17-8-10-21-46(38)52-47)35-22-25-39-37-16-7-9-20-45(37)53-48(39)30-35/h1-31H/b43-28-. The van der Waals surface area contributed by atoms with E-state index in [-0.39, 0.29) is 0 Å². The predicted molar refractivity (Wildman–Crippen MR) is 240 cm³/mol. The predicted octanol–water partition coefficient (Wildman–Crippen LogP) is 15.8. The summed E-state index contributed by atoms with van der Waals surface area (Å²) in [6, 6.07) is 66.8. The summed E-state index contributed by atoms with van der Waals surface area (Å²) in [5.41, 5.74) is 8.36. The highest BCUT2D eigenvalue weighted by Crippen LogP contribution is 2.46. The van der Waals surface area contributed by atoms with Gasteiger partial charge in [0.15, 0.2) is 0 Å². The van der Waals surface area contributed by atoms with Crippen LogP contribution in [0, 0.1) is 0 Å². The maximum Gasteiger partial charge on any atom is 0.0476 e. The van der Waals surface area contributed by atoms with Gasteiger partial charge in [0.05, 0.1) is 0 Å². The molecule has 0 atom stereocenters. The average molecular weight is 742 g/mol. The van der Waals surface area contributed by atoms with E-state index in [1.165, 1.54) is 82.8 Å². The molecule has 0 aliphatic carbocycles. The molecule has 0 bridgehead atoms. The Balaban J connectivity index is 1.11. The Bertz CT molecular complexity index is 3220. The van der Waals surface area contributed by atoms with Crippen molar-refractivity contribution in [2.45, 2.75) is 0 Å². The molecule has 0 saturated carbocycles. The van der Waals surface area contributed by atoms with E-state index in [0.717, 1.165) is 17.1 Å². The van der Waals surface area contributed by atoms with Gasteiger partial charge < -0.3 is 4.90 Å². The highest BCUT2D eigenvalue weighted by atomic mass is 32.1. The summed E-state index contributed by atoms with van der Waals surface area (Å²) < 4.78 is 7.83. The fourth-order valence-corrected chi connectivity index (χ4v) is 11.4. The van der Waals surface area contributed by atoms with Crippen molar-refractivity contribution in [3.05, 3.63) is 199 Å². The van der Waals surface area contributed by atoms with Crippen molar-refractivity contribution >= 4 is 123 Å². The zero-order chi connectivity index (χ0) is 35.6. The van der Waals surface area contributed by atoms with E-state index in [4.69, 9.17) is 0 Å². The summed E-state index contributed by atoms with van der Waals surface area (Å²) >= 11 is 5.63. The van der Waals surface area contributed by atoms with Gasteiger partial charge in [-0.3, -0.25) is 0 Å². The van der Waals surface area contributed by atoms with Gasteiger partial charge in [0.1, 0.15) is 0 Å². The summed E-state index contributed by atoms with van der Waals surface area (Å²) in [6.07, 6.45) is 2.33. The first-order valence-electron chi connectivity index (χ1n) is 18.2. The van der Waals surface area contributed by atoms with Crippen LogP contribution in [0.25, 0.3) is 72.2 Å². The van der Waals surface area contributed by atoms with E-state index in [1.807, 2.05) is 34.0 Å². The van der Waals surface area contributed by atoms with Crippen LogP contribution < -0.4 is 4.90 Å². The number of hydrogen-bond donors (Lipinski definition) is 0. The smallest absolute Gasteiger partial charge is 0.0476 e. The van der Waals surface area contributed by atoms with Gasteiger partial charge >= 0.3 is 0 Å². The normalized spacial score (nSPS) is 12.2. The van der Waals surface area contributed by atoms with Gasteiger partial charge in [-0.1, -0.05) is 127 Å². The summed E-state index contributed by atoms with van der Waals surface area (Å²) in [4.78, 5) is 2.45. The largest absolute Gasteiger partial charge is 0.310 e. The minimum atomic E-state index is 1.15. The van der Waals surface area contributed by atoms with Gasteiger partial charge in [-0.05, 0) is 77.4 Å². The summed E-state index contributed by atoms with van der Waals surface area (Å²) in [7, 11) is 0. The van der Waals surface area contributed by atoms with E-state index in [0.29, 0.717) is 0 Å². The third-order valence-electron chi connectivity index (χ3n) is 10.5. The molecule has 3 aromatic heterocycles. The lowest BCUT2D eigenvalue weighted by Crippen LogP contribution is -2.09. The molecular weight excluding hydrogens is 711 g/mol. The molecule has 0 radical (unpaired) electrons. The molecule has 0 saturated heterocycles. The number of fused-ring (bicyclic) bond motifs is 9. The highest BCUT2D eigenvalue weighted by Gasteiger charge is 2.19. The maximum absolute atomic E-state index is 2.45. The summed E-state index contributed by atoms with van der Waals surface area (Å²) in [5, 5.41) is 7.81. The van der Waals surface area contributed by atoms with Crippen LogP contribution in [-0.2, 0) is 0 Å². The molecule has 0 unspecified atom stereocenters. The van der Waals surface area contributed by atoms with Crippen LogP contribution in [0.2, 0.25) is 0 Å². The molecule has 0 amide bonds. The van der Waals surface area contributed by atoms with Crippen molar-refractivity contribution in [1.82, 2.24) is 0 Å². The van der Waals surface area contributed by atoms with E-state index in [9.17, 15) is 0 Å². The monoisotopic (exact) mass is 741 g/mol. The molecule has 1 nitrogen and oxygen atoms in total.